The lowest BCUT2D eigenvalue weighted by molar-refractivity contribution is -0.384. The van der Waals surface area contributed by atoms with Crippen molar-refractivity contribution in [3.05, 3.63) is 15.8 Å². The van der Waals surface area contributed by atoms with Gasteiger partial charge in [0, 0.05) is 19.7 Å². The van der Waals surface area contributed by atoms with Crippen LogP contribution in [-0.2, 0) is 6.54 Å². The van der Waals surface area contributed by atoms with E-state index >= 15 is 0 Å². The average molecular weight is 298 g/mol. The van der Waals surface area contributed by atoms with Crippen LogP contribution < -0.4 is 5.32 Å². The van der Waals surface area contributed by atoms with Crippen LogP contribution in [0.15, 0.2) is 0 Å². The normalized spacial score (nSPS) is 12.4. The fourth-order valence-electron chi connectivity index (χ4n) is 2.52. The third-order valence-corrected chi connectivity index (χ3v) is 3.51. The smallest absolute Gasteiger partial charge is 0.333 e. The number of aryl methyl sites for hydroxylation is 2. The van der Waals surface area contributed by atoms with Crippen LogP contribution in [0.5, 0.6) is 0 Å². The second-order valence-electron chi connectivity index (χ2n) is 5.31. The number of anilines is 1. The van der Waals surface area contributed by atoms with Crippen molar-refractivity contribution in [2.75, 3.05) is 18.5 Å². The highest BCUT2D eigenvalue weighted by atomic mass is 16.6. The van der Waals surface area contributed by atoms with Crippen LogP contribution in [0.4, 0.5) is 11.5 Å². The van der Waals surface area contributed by atoms with Gasteiger partial charge in [-0.25, -0.2) is 4.68 Å². The number of aliphatic hydroxyl groups is 1. The third kappa shape index (κ3) is 4.70. The summed E-state index contributed by atoms with van der Waals surface area (Å²) in [6, 6.07) is 0. The summed E-state index contributed by atoms with van der Waals surface area (Å²) in [4.78, 5) is 10.9. The van der Waals surface area contributed by atoms with Gasteiger partial charge in [-0.1, -0.05) is 20.3 Å². The van der Waals surface area contributed by atoms with Gasteiger partial charge in [0.1, 0.15) is 5.69 Å². The topological polar surface area (TPSA) is 93.2 Å². The Hall–Kier alpha value is -1.63. The molecular formula is C14H26N4O3. The SMILES string of the molecule is CCCC(CCO)CNc1c([N+](=O)[O-])c(C)nn1CCC. The number of nitrogens with one attached hydrogen (secondary N) is 1. The van der Waals surface area contributed by atoms with Gasteiger partial charge in [0.05, 0.1) is 4.92 Å². The van der Waals surface area contributed by atoms with Crippen LogP contribution in [0, 0.1) is 23.0 Å². The summed E-state index contributed by atoms with van der Waals surface area (Å²) >= 11 is 0. The molecule has 0 bridgehead atoms. The zero-order chi connectivity index (χ0) is 15.8. The van der Waals surface area contributed by atoms with Gasteiger partial charge in [-0.3, -0.25) is 10.1 Å². The van der Waals surface area contributed by atoms with Crippen LogP contribution in [0.25, 0.3) is 0 Å². The van der Waals surface area contributed by atoms with E-state index in [1.807, 2.05) is 6.92 Å². The molecule has 7 nitrogen and oxygen atoms in total. The standard InChI is InChI=1S/C14H26N4O3/c1-4-6-12(7-9-19)10-15-14-13(18(20)21)11(3)16-17(14)8-5-2/h12,15,19H,4-10H2,1-3H3. The molecule has 1 aromatic heterocycles. The number of aliphatic hydroxyl groups excluding tert-OH is 1. The molecule has 0 aliphatic heterocycles. The van der Waals surface area contributed by atoms with E-state index in [0.717, 1.165) is 19.3 Å². The van der Waals surface area contributed by atoms with Gasteiger partial charge in [-0.05, 0) is 32.1 Å². The van der Waals surface area contributed by atoms with Gasteiger partial charge in [-0.2, -0.15) is 5.10 Å². The second-order valence-corrected chi connectivity index (χ2v) is 5.31. The van der Waals surface area contributed by atoms with Crippen molar-refractivity contribution in [3.63, 3.8) is 0 Å². The molecule has 1 heterocycles. The maximum Gasteiger partial charge on any atom is 0.333 e. The molecule has 1 atom stereocenters. The maximum absolute atomic E-state index is 11.2. The fourth-order valence-corrected chi connectivity index (χ4v) is 2.52. The molecule has 7 heteroatoms. The molecule has 0 fully saturated rings. The summed E-state index contributed by atoms with van der Waals surface area (Å²) in [7, 11) is 0. The fraction of sp³-hybridized carbons (Fsp3) is 0.786. The Morgan fingerprint density at radius 2 is 2.10 bits per heavy atom. The molecule has 0 spiro atoms. The molecule has 1 unspecified atom stereocenters. The minimum absolute atomic E-state index is 0.0581. The molecule has 0 amide bonds. The van der Waals surface area contributed by atoms with Crippen molar-refractivity contribution in [1.82, 2.24) is 9.78 Å². The van der Waals surface area contributed by atoms with Crippen molar-refractivity contribution in [2.45, 2.75) is 53.0 Å². The first-order valence-corrected chi connectivity index (χ1v) is 7.61. The lowest BCUT2D eigenvalue weighted by Gasteiger charge is -2.16. The number of nitro groups is 1. The quantitative estimate of drug-likeness (QED) is 0.511. The molecule has 1 rings (SSSR count). The van der Waals surface area contributed by atoms with E-state index in [1.54, 1.807) is 11.6 Å². The molecule has 0 saturated heterocycles. The lowest BCUT2D eigenvalue weighted by atomic mass is 10.0. The van der Waals surface area contributed by atoms with Gasteiger partial charge in [0.25, 0.3) is 0 Å². The van der Waals surface area contributed by atoms with Crippen molar-refractivity contribution in [1.29, 1.82) is 0 Å². The molecule has 1 aromatic rings. The van der Waals surface area contributed by atoms with E-state index in [9.17, 15) is 10.1 Å². The number of rotatable bonds is 10. The molecule has 0 aliphatic rings. The third-order valence-electron chi connectivity index (χ3n) is 3.51. The Kier molecular flexibility index (Phi) is 7.14. The zero-order valence-corrected chi connectivity index (χ0v) is 13.1. The Morgan fingerprint density at radius 3 is 2.62 bits per heavy atom. The van der Waals surface area contributed by atoms with E-state index in [0.29, 0.717) is 36.9 Å². The number of hydrogen-bond donors (Lipinski definition) is 2. The Balaban J connectivity index is 2.91. The van der Waals surface area contributed by atoms with Crippen LogP contribution >= 0.6 is 0 Å². The Labute approximate surface area is 125 Å². The molecule has 2 N–H and O–H groups in total. The Morgan fingerprint density at radius 1 is 1.38 bits per heavy atom. The van der Waals surface area contributed by atoms with Gasteiger partial charge in [-0.15, -0.1) is 0 Å². The molecule has 0 aliphatic carbocycles. The first kappa shape index (κ1) is 17.4. The summed E-state index contributed by atoms with van der Waals surface area (Å²) in [5.41, 5.74) is 0.493. The molecule has 120 valence electrons. The molecule has 0 saturated carbocycles. The van der Waals surface area contributed by atoms with E-state index < -0.39 is 0 Å². The largest absolute Gasteiger partial charge is 0.396 e. The van der Waals surface area contributed by atoms with E-state index in [4.69, 9.17) is 5.11 Å². The van der Waals surface area contributed by atoms with Crippen molar-refractivity contribution in [2.24, 2.45) is 5.92 Å². The van der Waals surface area contributed by atoms with Gasteiger partial charge >= 0.3 is 5.69 Å². The summed E-state index contributed by atoms with van der Waals surface area (Å²) in [5.74, 6) is 0.795. The maximum atomic E-state index is 11.2. The summed E-state index contributed by atoms with van der Waals surface area (Å²) in [5, 5.41) is 27.8. The molecule has 0 aromatic carbocycles. The molecule has 0 radical (unpaired) electrons. The lowest BCUT2D eigenvalue weighted by Crippen LogP contribution is -2.18. The van der Waals surface area contributed by atoms with Crippen LogP contribution in [-0.4, -0.2) is 33.0 Å². The van der Waals surface area contributed by atoms with Crippen LogP contribution in [0.3, 0.4) is 0 Å². The highest BCUT2D eigenvalue weighted by molar-refractivity contribution is 5.59. The number of aromatic nitrogens is 2. The van der Waals surface area contributed by atoms with Gasteiger partial charge < -0.3 is 10.4 Å². The summed E-state index contributed by atoms with van der Waals surface area (Å²) in [6.45, 7) is 7.17. The van der Waals surface area contributed by atoms with E-state index in [1.165, 1.54) is 0 Å². The summed E-state index contributed by atoms with van der Waals surface area (Å²) in [6.07, 6.45) is 3.58. The highest BCUT2D eigenvalue weighted by Gasteiger charge is 2.25. The minimum atomic E-state index is -0.377. The monoisotopic (exact) mass is 298 g/mol. The number of nitrogens with zero attached hydrogens (tertiary/aromatic N) is 3. The van der Waals surface area contributed by atoms with Gasteiger partial charge in [0.15, 0.2) is 0 Å². The van der Waals surface area contributed by atoms with E-state index in [2.05, 4.69) is 17.3 Å². The predicted octanol–water partition coefficient (Wildman–Crippen LogP) is 2.72. The van der Waals surface area contributed by atoms with Gasteiger partial charge in [0.2, 0.25) is 5.82 Å². The van der Waals surface area contributed by atoms with E-state index in [-0.39, 0.29) is 17.2 Å². The predicted molar refractivity (Wildman–Crippen MR) is 82.5 cm³/mol. The second kappa shape index (κ2) is 8.61. The Bertz CT molecular complexity index is 453. The van der Waals surface area contributed by atoms with Crippen molar-refractivity contribution >= 4 is 11.5 Å². The molecular weight excluding hydrogens is 272 g/mol. The van der Waals surface area contributed by atoms with Crippen LogP contribution in [0.2, 0.25) is 0 Å². The van der Waals surface area contributed by atoms with Crippen molar-refractivity contribution < 1.29 is 10.0 Å². The van der Waals surface area contributed by atoms with Crippen LogP contribution in [0.1, 0.15) is 45.2 Å². The first-order valence-electron chi connectivity index (χ1n) is 7.61. The average Bonchev–Trinajstić information content (AvgIpc) is 2.73. The molecule has 21 heavy (non-hydrogen) atoms. The first-order chi connectivity index (χ1) is 10.0. The highest BCUT2D eigenvalue weighted by Crippen LogP contribution is 2.29. The zero-order valence-electron chi connectivity index (χ0n) is 13.1. The van der Waals surface area contributed by atoms with Crippen molar-refractivity contribution in [3.8, 4) is 0 Å². The minimum Gasteiger partial charge on any atom is -0.396 e. The number of hydrogen-bond acceptors (Lipinski definition) is 5. The summed E-state index contributed by atoms with van der Waals surface area (Å²) < 4.78 is 1.68.